The van der Waals surface area contributed by atoms with Crippen molar-refractivity contribution in [2.75, 3.05) is 31.6 Å². The Kier molecular flexibility index (Phi) is 5.57. The highest BCUT2D eigenvalue weighted by atomic mass is 16.5. The van der Waals surface area contributed by atoms with Crippen molar-refractivity contribution in [2.24, 2.45) is 5.92 Å². The number of anilines is 1. The number of ether oxygens (including phenoxy) is 1. The Balaban J connectivity index is 1.28. The Morgan fingerprint density at radius 1 is 1.19 bits per heavy atom. The van der Waals surface area contributed by atoms with Crippen LogP contribution in [0.1, 0.15) is 50.6 Å². The number of carbonyl (C=O) groups is 1. The fourth-order valence-electron chi connectivity index (χ4n) is 4.84. The van der Waals surface area contributed by atoms with Crippen LogP contribution in [0.4, 0.5) is 5.69 Å². The number of nitrogens with one attached hydrogen (secondary N) is 2. The fraction of sp³-hybridized carbons (Fsp3) is 0.667. The Morgan fingerprint density at radius 2 is 1.85 bits per heavy atom. The lowest BCUT2D eigenvalue weighted by atomic mass is 9.89. The molecule has 1 amide bonds. The largest absolute Gasteiger partial charge is 0.379 e. The SMILES string of the molecule is CC(c1ccc(NC(=O)CC2CC3CCC(C2)N3)cc1)N1CCOCC1. The van der Waals surface area contributed by atoms with E-state index < -0.39 is 0 Å². The van der Waals surface area contributed by atoms with Crippen molar-refractivity contribution in [3.8, 4) is 0 Å². The Hall–Kier alpha value is -1.43. The molecular formula is C21H31N3O2. The summed E-state index contributed by atoms with van der Waals surface area (Å²) in [5.41, 5.74) is 2.20. The Morgan fingerprint density at radius 3 is 2.50 bits per heavy atom. The number of carbonyl (C=O) groups excluding carboxylic acids is 1. The van der Waals surface area contributed by atoms with Crippen LogP contribution in [0, 0.1) is 5.92 Å². The number of fused-ring (bicyclic) bond motifs is 2. The molecule has 0 saturated carbocycles. The van der Waals surface area contributed by atoms with Crippen molar-refractivity contribution in [1.82, 2.24) is 10.2 Å². The molecule has 2 bridgehead atoms. The van der Waals surface area contributed by atoms with Gasteiger partial charge in [0.2, 0.25) is 5.91 Å². The molecule has 3 unspecified atom stereocenters. The van der Waals surface area contributed by atoms with E-state index >= 15 is 0 Å². The first-order chi connectivity index (χ1) is 12.7. The van der Waals surface area contributed by atoms with Gasteiger partial charge in [0.15, 0.2) is 0 Å². The smallest absolute Gasteiger partial charge is 0.224 e. The van der Waals surface area contributed by atoms with Crippen molar-refractivity contribution in [2.45, 2.75) is 57.2 Å². The summed E-state index contributed by atoms with van der Waals surface area (Å²) in [6, 6.07) is 10.0. The summed E-state index contributed by atoms with van der Waals surface area (Å²) in [5.74, 6) is 0.694. The number of hydrogen-bond donors (Lipinski definition) is 2. The number of piperidine rings is 1. The van der Waals surface area contributed by atoms with Crippen LogP contribution in [-0.4, -0.2) is 49.2 Å². The van der Waals surface area contributed by atoms with Crippen LogP contribution in [0.25, 0.3) is 0 Å². The van der Waals surface area contributed by atoms with E-state index in [1.54, 1.807) is 0 Å². The van der Waals surface area contributed by atoms with Gasteiger partial charge in [0.25, 0.3) is 0 Å². The third-order valence-corrected chi connectivity index (χ3v) is 6.32. The van der Waals surface area contributed by atoms with E-state index in [2.05, 4.69) is 34.6 Å². The quantitative estimate of drug-likeness (QED) is 0.851. The number of benzene rings is 1. The molecule has 4 rings (SSSR count). The molecule has 1 aromatic rings. The van der Waals surface area contributed by atoms with E-state index in [0.717, 1.165) is 44.8 Å². The molecule has 142 valence electrons. The number of morpholine rings is 1. The average Bonchev–Trinajstić information content (AvgIpc) is 3.00. The third-order valence-electron chi connectivity index (χ3n) is 6.32. The van der Waals surface area contributed by atoms with Gasteiger partial charge in [-0.1, -0.05) is 12.1 Å². The molecule has 0 spiro atoms. The van der Waals surface area contributed by atoms with Crippen LogP contribution in [0.2, 0.25) is 0 Å². The Bertz CT molecular complexity index is 600. The molecule has 3 atom stereocenters. The van der Waals surface area contributed by atoms with E-state index in [1.165, 1.54) is 18.4 Å². The highest BCUT2D eigenvalue weighted by Gasteiger charge is 2.34. The molecule has 3 aliphatic heterocycles. The molecule has 26 heavy (non-hydrogen) atoms. The van der Waals surface area contributed by atoms with Gasteiger partial charge in [0.05, 0.1) is 13.2 Å². The molecule has 3 saturated heterocycles. The first kappa shape index (κ1) is 18.0. The number of nitrogens with zero attached hydrogens (tertiary/aromatic N) is 1. The van der Waals surface area contributed by atoms with E-state index in [-0.39, 0.29) is 5.91 Å². The van der Waals surface area contributed by atoms with E-state index in [4.69, 9.17) is 4.74 Å². The second-order valence-electron chi connectivity index (χ2n) is 8.17. The van der Waals surface area contributed by atoms with E-state index in [9.17, 15) is 4.79 Å². The molecule has 3 aliphatic rings. The number of rotatable bonds is 5. The lowest BCUT2D eigenvalue weighted by Crippen LogP contribution is -2.39. The molecule has 1 aromatic carbocycles. The van der Waals surface area contributed by atoms with Crippen molar-refractivity contribution >= 4 is 11.6 Å². The molecule has 0 aromatic heterocycles. The van der Waals surface area contributed by atoms with E-state index in [0.29, 0.717) is 30.5 Å². The van der Waals surface area contributed by atoms with Crippen molar-refractivity contribution in [3.05, 3.63) is 29.8 Å². The van der Waals surface area contributed by atoms with Gasteiger partial charge in [-0.15, -0.1) is 0 Å². The third kappa shape index (κ3) is 4.27. The first-order valence-electron chi connectivity index (χ1n) is 10.1. The topological polar surface area (TPSA) is 53.6 Å². The second kappa shape index (κ2) is 8.07. The minimum atomic E-state index is 0.158. The fourth-order valence-corrected chi connectivity index (χ4v) is 4.84. The highest BCUT2D eigenvalue weighted by Crippen LogP contribution is 2.33. The minimum Gasteiger partial charge on any atom is -0.379 e. The second-order valence-corrected chi connectivity index (χ2v) is 8.17. The summed E-state index contributed by atoms with van der Waals surface area (Å²) in [5, 5.41) is 6.74. The number of amides is 1. The highest BCUT2D eigenvalue weighted by molar-refractivity contribution is 5.90. The molecular weight excluding hydrogens is 326 g/mol. The average molecular weight is 357 g/mol. The summed E-state index contributed by atoms with van der Waals surface area (Å²) < 4.78 is 5.43. The van der Waals surface area contributed by atoms with Crippen molar-refractivity contribution in [3.63, 3.8) is 0 Å². The molecule has 2 N–H and O–H groups in total. The zero-order valence-electron chi connectivity index (χ0n) is 15.7. The van der Waals surface area contributed by atoms with Crippen LogP contribution in [0.15, 0.2) is 24.3 Å². The first-order valence-corrected chi connectivity index (χ1v) is 10.1. The maximum absolute atomic E-state index is 12.4. The van der Waals surface area contributed by atoms with Gasteiger partial charge < -0.3 is 15.4 Å². The summed E-state index contributed by atoms with van der Waals surface area (Å²) in [4.78, 5) is 14.9. The van der Waals surface area contributed by atoms with Gasteiger partial charge in [0, 0.05) is 43.3 Å². The van der Waals surface area contributed by atoms with Gasteiger partial charge >= 0.3 is 0 Å². The molecule has 3 heterocycles. The van der Waals surface area contributed by atoms with Gasteiger partial charge in [-0.25, -0.2) is 0 Å². The lowest BCUT2D eigenvalue weighted by Gasteiger charge is -2.32. The normalized spacial score (nSPS) is 30.1. The predicted molar refractivity (Wildman–Crippen MR) is 103 cm³/mol. The minimum absolute atomic E-state index is 0.158. The molecule has 0 radical (unpaired) electrons. The van der Waals surface area contributed by atoms with E-state index in [1.807, 2.05) is 12.1 Å². The van der Waals surface area contributed by atoms with Crippen LogP contribution in [0.5, 0.6) is 0 Å². The molecule has 0 aliphatic carbocycles. The van der Waals surface area contributed by atoms with Crippen molar-refractivity contribution < 1.29 is 9.53 Å². The number of hydrogen-bond acceptors (Lipinski definition) is 4. The standard InChI is InChI=1S/C21H31N3O2/c1-15(24-8-10-26-11-9-24)17-2-4-18(5-3-17)23-21(25)14-16-12-19-6-7-20(13-16)22-19/h2-5,15-16,19-20,22H,6-14H2,1H3,(H,23,25). The zero-order chi connectivity index (χ0) is 17.9. The monoisotopic (exact) mass is 357 g/mol. The summed E-state index contributed by atoms with van der Waals surface area (Å²) in [6.07, 6.45) is 5.53. The van der Waals surface area contributed by atoms with Crippen LogP contribution in [0.3, 0.4) is 0 Å². The summed E-state index contributed by atoms with van der Waals surface area (Å²) in [6.45, 7) is 5.84. The Labute approximate surface area is 156 Å². The summed E-state index contributed by atoms with van der Waals surface area (Å²) >= 11 is 0. The predicted octanol–water partition coefficient (Wildman–Crippen LogP) is 2.94. The lowest BCUT2D eigenvalue weighted by molar-refractivity contribution is -0.117. The molecule has 5 nitrogen and oxygen atoms in total. The molecule has 3 fully saturated rings. The zero-order valence-corrected chi connectivity index (χ0v) is 15.7. The maximum Gasteiger partial charge on any atom is 0.224 e. The van der Waals surface area contributed by atoms with Gasteiger partial charge in [0.1, 0.15) is 0 Å². The molecule has 5 heteroatoms. The van der Waals surface area contributed by atoms with Gasteiger partial charge in [-0.2, -0.15) is 0 Å². The summed E-state index contributed by atoms with van der Waals surface area (Å²) in [7, 11) is 0. The van der Waals surface area contributed by atoms with Crippen LogP contribution in [-0.2, 0) is 9.53 Å². The van der Waals surface area contributed by atoms with Crippen LogP contribution < -0.4 is 10.6 Å². The van der Waals surface area contributed by atoms with Gasteiger partial charge in [-0.05, 0) is 56.2 Å². The van der Waals surface area contributed by atoms with Crippen molar-refractivity contribution in [1.29, 1.82) is 0 Å². The van der Waals surface area contributed by atoms with Crippen LogP contribution >= 0.6 is 0 Å². The van der Waals surface area contributed by atoms with Gasteiger partial charge in [-0.3, -0.25) is 9.69 Å². The maximum atomic E-state index is 12.4.